The van der Waals surface area contributed by atoms with Gasteiger partial charge in [0.15, 0.2) is 0 Å². The molecule has 124 valence electrons. The molecule has 0 aliphatic carbocycles. The van der Waals surface area contributed by atoms with Gasteiger partial charge in [0, 0.05) is 26.0 Å². The van der Waals surface area contributed by atoms with Gasteiger partial charge in [0.05, 0.1) is 6.61 Å². The molecule has 0 spiro atoms. The van der Waals surface area contributed by atoms with Gasteiger partial charge >= 0.3 is 11.1 Å². The Morgan fingerprint density at radius 1 is 1.00 bits per heavy atom. The third-order valence-electron chi connectivity index (χ3n) is 3.77. The summed E-state index contributed by atoms with van der Waals surface area (Å²) in [7, 11) is 1.57. The van der Waals surface area contributed by atoms with Crippen LogP contribution in [0.15, 0.2) is 46.2 Å². The quantitative estimate of drug-likeness (QED) is 0.628. The van der Waals surface area contributed by atoms with Crippen molar-refractivity contribution in [2.45, 2.75) is 39.2 Å². The van der Waals surface area contributed by atoms with Gasteiger partial charge in [0.1, 0.15) is 5.75 Å². The van der Waals surface area contributed by atoms with Gasteiger partial charge < -0.3 is 13.9 Å². The molecular weight excluding hydrogens is 292 g/mol. The molecule has 1 aromatic heterocycles. The van der Waals surface area contributed by atoms with Crippen molar-refractivity contribution in [3.05, 3.63) is 62.9 Å². The number of hydrogen-bond acceptors (Lipinski definition) is 3. The lowest BCUT2D eigenvalue weighted by atomic mass is 9.87. The molecule has 0 atom stereocenters. The van der Waals surface area contributed by atoms with Crippen molar-refractivity contribution >= 4 is 0 Å². The second-order valence-electron chi connectivity index (χ2n) is 6.69. The van der Waals surface area contributed by atoms with Crippen molar-refractivity contribution < 1.29 is 4.74 Å². The summed E-state index contributed by atoms with van der Waals surface area (Å²) in [6.45, 7) is 7.48. The largest absolute Gasteiger partial charge is 0.494 e. The molecule has 0 fully saturated rings. The third kappa shape index (κ3) is 4.34. The van der Waals surface area contributed by atoms with Gasteiger partial charge in [-0.05, 0) is 29.5 Å². The molecule has 0 saturated heterocycles. The van der Waals surface area contributed by atoms with E-state index in [-0.39, 0.29) is 5.41 Å². The lowest BCUT2D eigenvalue weighted by Gasteiger charge is -2.19. The molecule has 0 unspecified atom stereocenters. The predicted molar refractivity (Wildman–Crippen MR) is 91.2 cm³/mol. The molecule has 1 aromatic carbocycles. The molecule has 0 radical (unpaired) electrons. The van der Waals surface area contributed by atoms with Crippen LogP contribution >= 0.6 is 0 Å². The average molecular weight is 316 g/mol. The molecule has 0 aliphatic heterocycles. The minimum absolute atomic E-state index is 0.124. The molecule has 5 nitrogen and oxygen atoms in total. The van der Waals surface area contributed by atoms with Gasteiger partial charge in [-0.1, -0.05) is 32.9 Å². The van der Waals surface area contributed by atoms with Crippen LogP contribution in [0.2, 0.25) is 0 Å². The number of aryl methyl sites for hydroxylation is 2. The third-order valence-corrected chi connectivity index (χ3v) is 3.77. The highest BCUT2D eigenvalue weighted by molar-refractivity contribution is 5.31. The second-order valence-corrected chi connectivity index (χ2v) is 6.69. The van der Waals surface area contributed by atoms with Crippen molar-refractivity contribution in [2.24, 2.45) is 7.05 Å². The lowest BCUT2D eigenvalue weighted by Crippen LogP contribution is -2.39. The molecule has 1 heterocycles. The summed E-state index contributed by atoms with van der Waals surface area (Å²) in [5, 5.41) is 0. The highest BCUT2D eigenvalue weighted by Crippen LogP contribution is 2.24. The molecule has 2 rings (SSSR count). The number of nitrogens with zero attached hydrogens (tertiary/aromatic N) is 2. The van der Waals surface area contributed by atoms with Crippen LogP contribution in [-0.2, 0) is 19.0 Å². The van der Waals surface area contributed by atoms with Crippen molar-refractivity contribution in [1.29, 1.82) is 0 Å². The summed E-state index contributed by atoms with van der Waals surface area (Å²) in [6, 6.07) is 8.07. The topological polar surface area (TPSA) is 53.2 Å². The van der Waals surface area contributed by atoms with E-state index in [0.29, 0.717) is 19.6 Å². The first-order valence-corrected chi connectivity index (χ1v) is 7.78. The predicted octanol–water partition coefficient (Wildman–Crippen LogP) is 2.31. The van der Waals surface area contributed by atoms with Crippen LogP contribution in [0.1, 0.15) is 32.8 Å². The fraction of sp³-hybridized carbons (Fsp3) is 0.444. The van der Waals surface area contributed by atoms with Gasteiger partial charge in [-0.25, -0.2) is 0 Å². The molecule has 0 saturated carbocycles. The average Bonchev–Trinajstić information content (AvgIpc) is 2.51. The van der Waals surface area contributed by atoms with E-state index in [2.05, 4.69) is 32.9 Å². The monoisotopic (exact) mass is 316 g/mol. The summed E-state index contributed by atoms with van der Waals surface area (Å²) >= 11 is 0. The zero-order valence-electron chi connectivity index (χ0n) is 14.2. The summed E-state index contributed by atoms with van der Waals surface area (Å²) in [6.07, 6.45) is 3.88. The molecule has 0 amide bonds. The van der Waals surface area contributed by atoms with Crippen molar-refractivity contribution in [1.82, 2.24) is 9.13 Å². The van der Waals surface area contributed by atoms with E-state index in [0.717, 1.165) is 5.75 Å². The van der Waals surface area contributed by atoms with Gasteiger partial charge in [-0.2, -0.15) is 0 Å². The van der Waals surface area contributed by atoms with Crippen LogP contribution in [0, 0.1) is 0 Å². The van der Waals surface area contributed by atoms with E-state index in [1.807, 2.05) is 12.1 Å². The van der Waals surface area contributed by atoms with E-state index < -0.39 is 11.1 Å². The van der Waals surface area contributed by atoms with E-state index in [1.54, 1.807) is 19.4 Å². The Morgan fingerprint density at radius 3 is 2.26 bits per heavy atom. The van der Waals surface area contributed by atoms with Gasteiger partial charge in [0.25, 0.3) is 0 Å². The molecule has 23 heavy (non-hydrogen) atoms. The number of hydrogen-bond donors (Lipinski definition) is 0. The van der Waals surface area contributed by atoms with Crippen LogP contribution in [0.4, 0.5) is 0 Å². The molecule has 0 N–H and O–H groups in total. The Kier molecular flexibility index (Phi) is 5.08. The van der Waals surface area contributed by atoms with E-state index in [1.165, 1.54) is 14.7 Å². The zero-order valence-corrected chi connectivity index (χ0v) is 14.2. The van der Waals surface area contributed by atoms with Crippen LogP contribution in [0.3, 0.4) is 0 Å². The summed E-state index contributed by atoms with van der Waals surface area (Å²) in [5.74, 6) is 0.814. The Hall–Kier alpha value is -2.30. The van der Waals surface area contributed by atoms with Gasteiger partial charge in [-0.15, -0.1) is 0 Å². The Labute approximate surface area is 136 Å². The van der Waals surface area contributed by atoms with Crippen LogP contribution < -0.4 is 15.9 Å². The van der Waals surface area contributed by atoms with Gasteiger partial charge in [-0.3, -0.25) is 9.59 Å². The number of ether oxygens (including phenoxy) is 1. The van der Waals surface area contributed by atoms with Crippen molar-refractivity contribution in [3.63, 3.8) is 0 Å². The molecule has 0 bridgehead atoms. The first kappa shape index (κ1) is 17.1. The molecule has 2 aromatic rings. The van der Waals surface area contributed by atoms with E-state index in [4.69, 9.17) is 4.74 Å². The van der Waals surface area contributed by atoms with Crippen LogP contribution in [0.5, 0.6) is 5.75 Å². The molecule has 0 aliphatic rings. The smallest absolute Gasteiger partial charge is 0.316 e. The van der Waals surface area contributed by atoms with Crippen molar-refractivity contribution in [2.75, 3.05) is 6.61 Å². The number of rotatable bonds is 5. The first-order chi connectivity index (χ1) is 10.8. The SMILES string of the molecule is Cn1ccn(CCCOc2ccc(C(C)(C)C)cc2)c(=O)c1=O. The maximum atomic E-state index is 11.8. The summed E-state index contributed by atoms with van der Waals surface area (Å²) < 4.78 is 8.40. The second kappa shape index (κ2) is 6.86. The Balaban J connectivity index is 1.88. The number of aromatic nitrogens is 2. The standard InChI is InChI=1S/C18H24N2O3/c1-18(2,3)14-6-8-15(9-7-14)23-13-5-10-20-12-11-19(4)16(21)17(20)22/h6-9,11-12H,5,10,13H2,1-4H3. The minimum Gasteiger partial charge on any atom is -0.494 e. The maximum absolute atomic E-state index is 11.8. The highest BCUT2D eigenvalue weighted by atomic mass is 16.5. The lowest BCUT2D eigenvalue weighted by molar-refractivity contribution is 0.300. The normalized spacial score (nSPS) is 11.5. The van der Waals surface area contributed by atoms with Gasteiger partial charge in [0.2, 0.25) is 0 Å². The van der Waals surface area contributed by atoms with E-state index in [9.17, 15) is 9.59 Å². The molecular formula is C18H24N2O3. The Bertz CT molecular complexity index is 765. The zero-order chi connectivity index (χ0) is 17.0. The molecule has 5 heteroatoms. The summed E-state index contributed by atoms with van der Waals surface area (Å²) in [5.41, 5.74) is 0.381. The highest BCUT2D eigenvalue weighted by Gasteiger charge is 2.12. The summed E-state index contributed by atoms with van der Waals surface area (Å²) in [4.78, 5) is 23.3. The Morgan fingerprint density at radius 2 is 1.65 bits per heavy atom. The van der Waals surface area contributed by atoms with E-state index >= 15 is 0 Å². The fourth-order valence-corrected chi connectivity index (χ4v) is 2.24. The fourth-order valence-electron chi connectivity index (χ4n) is 2.24. The maximum Gasteiger partial charge on any atom is 0.316 e. The van der Waals surface area contributed by atoms with Crippen molar-refractivity contribution in [3.8, 4) is 5.75 Å². The minimum atomic E-state index is -0.508. The number of benzene rings is 1. The first-order valence-electron chi connectivity index (χ1n) is 7.78. The van der Waals surface area contributed by atoms with Crippen LogP contribution in [-0.4, -0.2) is 15.7 Å². The van der Waals surface area contributed by atoms with Crippen LogP contribution in [0.25, 0.3) is 0 Å².